The molecule has 0 aliphatic carbocycles. The maximum Gasteiger partial charge on any atom is 0.410 e. The topological polar surface area (TPSA) is 55.6 Å². The van der Waals surface area contributed by atoms with Crippen LogP contribution in [0.2, 0.25) is 0 Å². The van der Waals surface area contributed by atoms with Crippen LogP contribution in [0.5, 0.6) is 0 Å². The predicted octanol–water partition coefficient (Wildman–Crippen LogP) is 2.15. The van der Waals surface area contributed by atoms with Gasteiger partial charge in [0.15, 0.2) is 0 Å². The molecule has 2 N–H and O–H groups in total. The van der Waals surface area contributed by atoms with Crippen molar-refractivity contribution >= 4 is 6.09 Å². The van der Waals surface area contributed by atoms with E-state index < -0.39 is 5.60 Å². The van der Waals surface area contributed by atoms with Crippen LogP contribution in [0, 0.1) is 5.92 Å². The van der Waals surface area contributed by atoms with Gasteiger partial charge in [-0.2, -0.15) is 0 Å². The first-order valence-corrected chi connectivity index (χ1v) is 6.18. The molecule has 1 saturated heterocycles. The number of nitrogens with two attached hydrogens (primary N) is 1. The van der Waals surface area contributed by atoms with Crippen LogP contribution in [0.3, 0.4) is 0 Å². The van der Waals surface area contributed by atoms with Crippen molar-refractivity contribution in [3.8, 4) is 0 Å². The highest BCUT2D eigenvalue weighted by molar-refractivity contribution is 5.68. The van der Waals surface area contributed by atoms with E-state index in [4.69, 9.17) is 10.5 Å². The molecule has 1 fully saturated rings. The largest absolute Gasteiger partial charge is 0.444 e. The molecule has 1 heterocycles. The highest BCUT2D eigenvalue weighted by atomic mass is 16.6. The van der Waals surface area contributed by atoms with Crippen molar-refractivity contribution in [1.82, 2.24) is 4.90 Å². The molecule has 0 bridgehead atoms. The molecule has 0 aromatic heterocycles. The van der Waals surface area contributed by atoms with E-state index in [2.05, 4.69) is 6.58 Å². The normalized spacial score (nSPS) is 22.4. The summed E-state index contributed by atoms with van der Waals surface area (Å²) >= 11 is 0. The van der Waals surface area contributed by atoms with Crippen molar-refractivity contribution in [2.75, 3.05) is 13.1 Å². The zero-order chi connectivity index (χ0) is 13.1. The number of hydrogen-bond acceptors (Lipinski definition) is 3. The van der Waals surface area contributed by atoms with Gasteiger partial charge < -0.3 is 15.4 Å². The highest BCUT2D eigenvalue weighted by Gasteiger charge is 2.32. The van der Waals surface area contributed by atoms with Gasteiger partial charge in [0.05, 0.1) is 0 Å². The van der Waals surface area contributed by atoms with Gasteiger partial charge in [-0.3, -0.25) is 0 Å². The molecule has 1 aliphatic rings. The molecule has 2 atom stereocenters. The minimum atomic E-state index is -0.432. The van der Waals surface area contributed by atoms with E-state index in [9.17, 15) is 4.79 Å². The lowest BCUT2D eigenvalue weighted by molar-refractivity contribution is 0.0286. The average molecular weight is 240 g/mol. The fraction of sp³-hybridized carbons (Fsp3) is 0.769. The van der Waals surface area contributed by atoms with Gasteiger partial charge in [-0.1, -0.05) is 6.08 Å². The predicted molar refractivity (Wildman–Crippen MR) is 68.7 cm³/mol. The molecule has 98 valence electrons. The fourth-order valence-electron chi connectivity index (χ4n) is 2.01. The first kappa shape index (κ1) is 14.0. The maximum atomic E-state index is 11.8. The van der Waals surface area contributed by atoms with E-state index in [-0.39, 0.29) is 12.1 Å². The fourth-order valence-corrected chi connectivity index (χ4v) is 2.01. The van der Waals surface area contributed by atoms with Crippen LogP contribution in [0.4, 0.5) is 4.79 Å². The number of amides is 1. The second kappa shape index (κ2) is 5.54. The zero-order valence-electron chi connectivity index (χ0n) is 11.1. The number of nitrogens with zero attached hydrogens (tertiary/aromatic N) is 1. The van der Waals surface area contributed by atoms with E-state index >= 15 is 0 Å². The zero-order valence-corrected chi connectivity index (χ0v) is 11.1. The minimum Gasteiger partial charge on any atom is -0.444 e. The summed E-state index contributed by atoms with van der Waals surface area (Å²) in [5.74, 6) is 0.362. The van der Waals surface area contributed by atoms with Crippen LogP contribution in [-0.2, 0) is 4.74 Å². The molecule has 1 amide bonds. The molecular weight excluding hydrogens is 216 g/mol. The molecule has 4 nitrogen and oxygen atoms in total. The van der Waals surface area contributed by atoms with Crippen LogP contribution in [0.25, 0.3) is 0 Å². The van der Waals surface area contributed by atoms with Crippen molar-refractivity contribution in [3.63, 3.8) is 0 Å². The quantitative estimate of drug-likeness (QED) is 0.769. The number of carbonyl (C=O) groups is 1. The van der Waals surface area contributed by atoms with E-state index in [1.54, 1.807) is 4.90 Å². The Hall–Kier alpha value is -1.03. The van der Waals surface area contributed by atoms with Gasteiger partial charge in [0.1, 0.15) is 5.60 Å². The lowest BCUT2D eigenvalue weighted by Gasteiger charge is -2.25. The molecule has 0 aromatic carbocycles. The molecule has 1 aliphatic heterocycles. The second-order valence-corrected chi connectivity index (χ2v) is 5.66. The Balaban J connectivity index is 2.44. The van der Waals surface area contributed by atoms with E-state index in [0.29, 0.717) is 12.5 Å². The van der Waals surface area contributed by atoms with E-state index in [1.165, 1.54) is 0 Å². The maximum absolute atomic E-state index is 11.8. The van der Waals surface area contributed by atoms with Gasteiger partial charge in [-0.15, -0.1) is 6.58 Å². The van der Waals surface area contributed by atoms with Gasteiger partial charge in [-0.05, 0) is 39.5 Å². The van der Waals surface area contributed by atoms with Crippen molar-refractivity contribution < 1.29 is 9.53 Å². The highest BCUT2D eigenvalue weighted by Crippen LogP contribution is 2.22. The molecule has 4 heteroatoms. The average Bonchev–Trinajstić information content (AvgIpc) is 2.63. The van der Waals surface area contributed by atoms with Crippen molar-refractivity contribution in [2.45, 2.75) is 45.3 Å². The molecule has 17 heavy (non-hydrogen) atoms. The smallest absolute Gasteiger partial charge is 0.410 e. The lowest BCUT2D eigenvalue weighted by atomic mass is 9.97. The third kappa shape index (κ3) is 4.38. The Labute approximate surface area is 104 Å². The molecule has 1 rings (SSSR count). The first-order valence-electron chi connectivity index (χ1n) is 6.18. The third-order valence-corrected chi connectivity index (χ3v) is 2.92. The summed E-state index contributed by atoms with van der Waals surface area (Å²) in [4.78, 5) is 13.6. The minimum absolute atomic E-state index is 0.0972. The summed E-state index contributed by atoms with van der Waals surface area (Å²) in [6, 6.07) is 0.0972. The van der Waals surface area contributed by atoms with Crippen molar-refractivity contribution in [2.24, 2.45) is 11.7 Å². The van der Waals surface area contributed by atoms with Crippen LogP contribution in [-0.4, -0.2) is 35.7 Å². The second-order valence-electron chi connectivity index (χ2n) is 5.66. The van der Waals surface area contributed by atoms with Crippen molar-refractivity contribution in [3.05, 3.63) is 12.7 Å². The van der Waals surface area contributed by atoms with E-state index in [1.807, 2.05) is 26.8 Å². The Kier molecular flexibility index (Phi) is 4.57. The Bertz CT molecular complexity index is 284. The number of hydrogen-bond donors (Lipinski definition) is 1. The summed E-state index contributed by atoms with van der Waals surface area (Å²) in [6.45, 7) is 10.8. The summed E-state index contributed by atoms with van der Waals surface area (Å²) < 4.78 is 5.34. The summed E-state index contributed by atoms with van der Waals surface area (Å²) in [7, 11) is 0. The van der Waals surface area contributed by atoms with Gasteiger partial charge in [0.25, 0.3) is 0 Å². The Morgan fingerprint density at radius 2 is 2.29 bits per heavy atom. The summed E-state index contributed by atoms with van der Waals surface area (Å²) in [5.41, 5.74) is 5.60. The van der Waals surface area contributed by atoms with Gasteiger partial charge >= 0.3 is 6.09 Å². The molecule has 0 radical (unpaired) electrons. The Morgan fingerprint density at radius 1 is 1.65 bits per heavy atom. The van der Waals surface area contributed by atoms with Crippen LogP contribution >= 0.6 is 0 Å². The van der Waals surface area contributed by atoms with Gasteiger partial charge in [0.2, 0.25) is 0 Å². The first-order chi connectivity index (χ1) is 7.83. The third-order valence-electron chi connectivity index (χ3n) is 2.92. The number of carbonyl (C=O) groups excluding carboxylic acids is 1. The Morgan fingerprint density at radius 3 is 2.82 bits per heavy atom. The van der Waals surface area contributed by atoms with Gasteiger partial charge in [-0.25, -0.2) is 4.79 Å². The standard InChI is InChI=1S/C13H24N2O2/c1-5-6-11(14)10-7-8-15(9-10)12(16)17-13(2,3)4/h5,10-11H,1,6-9,14H2,2-4H3. The SMILES string of the molecule is C=CCC(N)C1CCN(C(=O)OC(C)(C)C)C1. The summed E-state index contributed by atoms with van der Waals surface area (Å²) in [5, 5.41) is 0. The summed E-state index contributed by atoms with van der Waals surface area (Å²) in [6.07, 6.45) is 3.35. The van der Waals surface area contributed by atoms with Gasteiger partial charge in [0, 0.05) is 19.1 Å². The molecule has 0 spiro atoms. The van der Waals surface area contributed by atoms with Crippen LogP contribution in [0.1, 0.15) is 33.6 Å². The van der Waals surface area contributed by atoms with Crippen molar-refractivity contribution in [1.29, 1.82) is 0 Å². The van der Waals surface area contributed by atoms with Crippen LogP contribution in [0.15, 0.2) is 12.7 Å². The van der Waals surface area contributed by atoms with E-state index in [0.717, 1.165) is 19.4 Å². The van der Waals surface area contributed by atoms with Crippen LogP contribution < -0.4 is 5.73 Å². The molecule has 0 aromatic rings. The number of likely N-dealkylation sites (tertiary alicyclic amines) is 1. The number of rotatable bonds is 3. The monoisotopic (exact) mass is 240 g/mol. The molecule has 2 unspecified atom stereocenters. The number of ether oxygens (including phenoxy) is 1. The molecule has 0 saturated carbocycles. The molecular formula is C13H24N2O2. The lowest BCUT2D eigenvalue weighted by Crippen LogP contribution is -2.37.